The molecular formula is C10H12Cl2N2OS. The van der Waals surface area contributed by atoms with E-state index in [1.807, 2.05) is 6.07 Å². The molecule has 3 nitrogen and oxygen atoms in total. The second-order valence-electron chi connectivity index (χ2n) is 3.09. The van der Waals surface area contributed by atoms with E-state index in [9.17, 15) is 4.79 Å². The molecule has 0 radical (unpaired) electrons. The van der Waals surface area contributed by atoms with Gasteiger partial charge in [-0.25, -0.2) is 5.84 Å². The summed E-state index contributed by atoms with van der Waals surface area (Å²) in [4.78, 5) is 11.8. The van der Waals surface area contributed by atoms with Gasteiger partial charge in [-0.2, -0.15) is 0 Å². The molecule has 0 aromatic heterocycles. The van der Waals surface area contributed by atoms with Crippen LogP contribution >= 0.6 is 35.0 Å². The third-order valence-electron chi connectivity index (χ3n) is 1.86. The van der Waals surface area contributed by atoms with Gasteiger partial charge in [0, 0.05) is 16.3 Å². The van der Waals surface area contributed by atoms with Crippen molar-refractivity contribution in [3.8, 4) is 0 Å². The Kier molecular flexibility index (Phi) is 5.98. The number of carbonyl (C=O) groups is 1. The molecule has 6 heteroatoms. The highest BCUT2D eigenvalue weighted by atomic mass is 35.5. The molecule has 88 valence electrons. The van der Waals surface area contributed by atoms with Crippen molar-refractivity contribution in [1.29, 1.82) is 0 Å². The maximum Gasteiger partial charge on any atom is 0.233 e. The quantitative estimate of drug-likeness (QED) is 0.286. The number of halogens is 2. The summed E-state index contributed by atoms with van der Waals surface area (Å²) >= 11 is 13.4. The Labute approximate surface area is 109 Å². The van der Waals surface area contributed by atoms with E-state index in [0.717, 1.165) is 17.1 Å². The Morgan fingerprint density at radius 1 is 1.44 bits per heavy atom. The monoisotopic (exact) mass is 278 g/mol. The minimum Gasteiger partial charge on any atom is -0.294 e. The van der Waals surface area contributed by atoms with Crippen LogP contribution in [0, 0.1) is 0 Å². The predicted octanol–water partition coefficient (Wildman–Crippen LogP) is 2.86. The molecule has 1 aromatic rings. The fourth-order valence-corrected chi connectivity index (χ4v) is 2.52. The smallest absolute Gasteiger partial charge is 0.233 e. The first kappa shape index (κ1) is 13.6. The van der Waals surface area contributed by atoms with Gasteiger partial charge in [-0.15, -0.1) is 11.8 Å². The lowest BCUT2D eigenvalue weighted by Crippen LogP contribution is -2.29. The van der Waals surface area contributed by atoms with Crippen molar-refractivity contribution in [2.75, 3.05) is 5.75 Å². The predicted molar refractivity (Wildman–Crippen MR) is 68.8 cm³/mol. The molecule has 1 aromatic carbocycles. The van der Waals surface area contributed by atoms with Crippen LogP contribution < -0.4 is 11.3 Å². The molecule has 0 spiro atoms. The van der Waals surface area contributed by atoms with Gasteiger partial charge < -0.3 is 0 Å². The van der Waals surface area contributed by atoms with Gasteiger partial charge in [0.25, 0.3) is 0 Å². The number of benzene rings is 1. The molecule has 1 rings (SSSR count). The van der Waals surface area contributed by atoms with E-state index in [1.165, 1.54) is 0 Å². The molecule has 0 saturated heterocycles. The van der Waals surface area contributed by atoms with Crippen LogP contribution in [0.2, 0.25) is 10.0 Å². The third-order valence-corrected chi connectivity index (χ3v) is 3.68. The van der Waals surface area contributed by atoms with Gasteiger partial charge in [0.1, 0.15) is 0 Å². The summed E-state index contributed by atoms with van der Waals surface area (Å²) in [6.07, 6.45) is 1.16. The zero-order valence-electron chi connectivity index (χ0n) is 8.50. The summed E-state index contributed by atoms with van der Waals surface area (Å²) in [5, 5.41) is 1.34. The number of hydrogen-bond donors (Lipinski definition) is 2. The summed E-state index contributed by atoms with van der Waals surface area (Å²) in [6, 6.07) is 5.33. The zero-order chi connectivity index (χ0) is 12.0. The fourth-order valence-electron chi connectivity index (χ4n) is 1.07. The summed E-state index contributed by atoms with van der Waals surface area (Å²) in [5.41, 5.74) is 2.09. The summed E-state index contributed by atoms with van der Waals surface area (Å²) in [6.45, 7) is 0. The topological polar surface area (TPSA) is 55.1 Å². The van der Waals surface area contributed by atoms with E-state index < -0.39 is 0 Å². The standard InChI is InChI=1S/C10H12Cl2N2OS/c11-7-3-4-8(12)9(6-7)16-5-1-2-10(15)14-13/h3-4,6H,1-2,5,13H2,(H,14,15). The van der Waals surface area contributed by atoms with E-state index in [0.29, 0.717) is 16.5 Å². The van der Waals surface area contributed by atoms with Gasteiger partial charge in [-0.1, -0.05) is 23.2 Å². The zero-order valence-corrected chi connectivity index (χ0v) is 10.8. The SMILES string of the molecule is NNC(=O)CCCSc1cc(Cl)ccc1Cl. The third kappa shape index (κ3) is 4.61. The molecular weight excluding hydrogens is 267 g/mol. The van der Waals surface area contributed by atoms with Crippen molar-refractivity contribution in [2.24, 2.45) is 5.84 Å². The molecule has 0 bridgehead atoms. The van der Waals surface area contributed by atoms with Crippen LogP contribution in [-0.4, -0.2) is 11.7 Å². The minimum absolute atomic E-state index is 0.155. The lowest BCUT2D eigenvalue weighted by atomic mass is 10.3. The van der Waals surface area contributed by atoms with Crippen molar-refractivity contribution in [3.63, 3.8) is 0 Å². The Balaban J connectivity index is 2.37. The fraction of sp³-hybridized carbons (Fsp3) is 0.300. The van der Waals surface area contributed by atoms with Gasteiger partial charge in [0.2, 0.25) is 5.91 Å². The van der Waals surface area contributed by atoms with Crippen LogP contribution in [0.25, 0.3) is 0 Å². The first-order valence-electron chi connectivity index (χ1n) is 4.71. The number of nitrogens with one attached hydrogen (secondary N) is 1. The lowest BCUT2D eigenvalue weighted by Gasteiger charge is -2.04. The first-order valence-corrected chi connectivity index (χ1v) is 6.45. The highest BCUT2D eigenvalue weighted by Gasteiger charge is 2.03. The molecule has 0 aliphatic heterocycles. The number of carbonyl (C=O) groups excluding carboxylic acids is 1. The maximum atomic E-state index is 10.9. The van der Waals surface area contributed by atoms with Crippen LogP contribution in [0.5, 0.6) is 0 Å². The Hall–Kier alpha value is -0.420. The first-order chi connectivity index (χ1) is 7.63. The molecule has 0 aliphatic carbocycles. The summed E-state index contributed by atoms with van der Waals surface area (Å²) in [5.74, 6) is 5.61. The molecule has 1 amide bonds. The van der Waals surface area contributed by atoms with Gasteiger partial charge >= 0.3 is 0 Å². The van der Waals surface area contributed by atoms with Crippen LogP contribution in [0.4, 0.5) is 0 Å². The molecule has 0 fully saturated rings. The van der Waals surface area contributed by atoms with Crippen LogP contribution in [0.1, 0.15) is 12.8 Å². The van der Waals surface area contributed by atoms with Crippen LogP contribution in [0.15, 0.2) is 23.1 Å². The van der Waals surface area contributed by atoms with E-state index >= 15 is 0 Å². The lowest BCUT2D eigenvalue weighted by molar-refractivity contribution is -0.121. The molecule has 0 saturated carbocycles. The molecule has 0 atom stereocenters. The average Bonchev–Trinajstić information content (AvgIpc) is 2.28. The van der Waals surface area contributed by atoms with Crippen LogP contribution in [0.3, 0.4) is 0 Å². The van der Waals surface area contributed by atoms with E-state index in [2.05, 4.69) is 5.43 Å². The molecule has 3 N–H and O–H groups in total. The second kappa shape index (κ2) is 7.01. The normalized spacial score (nSPS) is 10.2. The minimum atomic E-state index is -0.155. The molecule has 0 unspecified atom stereocenters. The Morgan fingerprint density at radius 2 is 2.19 bits per heavy atom. The van der Waals surface area contributed by atoms with E-state index in [4.69, 9.17) is 29.0 Å². The number of thioether (sulfide) groups is 1. The molecule has 0 aliphatic rings. The molecule has 16 heavy (non-hydrogen) atoms. The van der Waals surface area contributed by atoms with Crippen LogP contribution in [-0.2, 0) is 4.79 Å². The average molecular weight is 279 g/mol. The largest absolute Gasteiger partial charge is 0.294 e. The van der Waals surface area contributed by atoms with Gasteiger partial charge in [-0.05, 0) is 30.4 Å². The van der Waals surface area contributed by atoms with Gasteiger partial charge in [-0.3, -0.25) is 10.2 Å². The van der Waals surface area contributed by atoms with E-state index in [-0.39, 0.29) is 5.91 Å². The summed E-state index contributed by atoms with van der Waals surface area (Å²) < 4.78 is 0. The molecule has 0 heterocycles. The highest BCUT2D eigenvalue weighted by molar-refractivity contribution is 7.99. The second-order valence-corrected chi connectivity index (χ2v) is 5.07. The van der Waals surface area contributed by atoms with Crippen molar-refractivity contribution in [1.82, 2.24) is 5.43 Å². The summed E-state index contributed by atoms with van der Waals surface area (Å²) in [7, 11) is 0. The highest BCUT2D eigenvalue weighted by Crippen LogP contribution is 2.30. The van der Waals surface area contributed by atoms with Gasteiger partial charge in [0.15, 0.2) is 0 Å². The van der Waals surface area contributed by atoms with Crippen molar-refractivity contribution in [2.45, 2.75) is 17.7 Å². The van der Waals surface area contributed by atoms with Crippen molar-refractivity contribution in [3.05, 3.63) is 28.2 Å². The Bertz CT molecular complexity index is 374. The number of rotatable bonds is 5. The number of amides is 1. The van der Waals surface area contributed by atoms with Crippen molar-refractivity contribution < 1.29 is 4.79 Å². The maximum absolute atomic E-state index is 10.9. The number of hydrogen-bond acceptors (Lipinski definition) is 3. The number of hydrazine groups is 1. The van der Waals surface area contributed by atoms with Gasteiger partial charge in [0.05, 0.1) is 5.02 Å². The van der Waals surface area contributed by atoms with Crippen molar-refractivity contribution >= 4 is 40.9 Å². The Morgan fingerprint density at radius 3 is 2.88 bits per heavy atom. The van der Waals surface area contributed by atoms with E-state index in [1.54, 1.807) is 23.9 Å². The number of nitrogens with two attached hydrogens (primary N) is 1.